The summed E-state index contributed by atoms with van der Waals surface area (Å²) in [6.45, 7) is 2.60. The lowest BCUT2D eigenvalue weighted by molar-refractivity contribution is 0.0699. The van der Waals surface area contributed by atoms with Crippen LogP contribution in [0.3, 0.4) is 0 Å². The lowest BCUT2D eigenvalue weighted by atomic mass is 10.1. The van der Waals surface area contributed by atoms with Gasteiger partial charge in [-0.25, -0.2) is 0 Å². The van der Waals surface area contributed by atoms with Crippen molar-refractivity contribution in [2.45, 2.75) is 25.4 Å². The Morgan fingerprint density at radius 1 is 1.50 bits per heavy atom. The van der Waals surface area contributed by atoms with E-state index in [1.54, 1.807) is 0 Å². The maximum absolute atomic E-state index is 5.94. The largest absolute Gasteiger partial charge is 0.380 e. The molecule has 1 fully saturated rings. The zero-order chi connectivity index (χ0) is 11.4. The van der Waals surface area contributed by atoms with Crippen molar-refractivity contribution in [3.05, 3.63) is 33.3 Å². The van der Waals surface area contributed by atoms with Crippen LogP contribution >= 0.6 is 27.5 Å². The predicted molar refractivity (Wildman–Crippen MR) is 69.8 cm³/mol. The summed E-state index contributed by atoms with van der Waals surface area (Å²) in [5.41, 5.74) is 1.24. The van der Waals surface area contributed by atoms with Gasteiger partial charge in [-0.3, -0.25) is 0 Å². The van der Waals surface area contributed by atoms with Gasteiger partial charge in [0.25, 0.3) is 0 Å². The summed E-state index contributed by atoms with van der Waals surface area (Å²) in [6, 6.07) is 6.51. The molecule has 4 heteroatoms. The molecule has 16 heavy (non-hydrogen) atoms. The number of ether oxygens (including phenoxy) is 1. The maximum atomic E-state index is 5.94. The third-order valence-corrected chi connectivity index (χ3v) is 3.95. The summed E-state index contributed by atoms with van der Waals surface area (Å²) >= 11 is 9.37. The van der Waals surface area contributed by atoms with Crippen LogP contribution in [0, 0.1) is 0 Å². The van der Waals surface area contributed by atoms with E-state index in [2.05, 4.69) is 27.3 Å². The molecule has 0 bridgehead atoms. The van der Waals surface area contributed by atoms with Crippen LogP contribution in [-0.4, -0.2) is 19.3 Å². The summed E-state index contributed by atoms with van der Waals surface area (Å²) in [5, 5.41) is 4.25. The normalized spacial score (nSPS) is 21.0. The first kappa shape index (κ1) is 12.4. The molecule has 1 N–H and O–H groups in total. The van der Waals surface area contributed by atoms with Crippen LogP contribution in [0.1, 0.15) is 18.4 Å². The predicted octanol–water partition coefficient (Wildman–Crippen LogP) is 3.37. The van der Waals surface area contributed by atoms with Gasteiger partial charge in [-0.15, -0.1) is 0 Å². The Morgan fingerprint density at radius 2 is 2.38 bits per heavy atom. The van der Waals surface area contributed by atoms with Crippen LogP contribution in [0.5, 0.6) is 0 Å². The lowest BCUT2D eigenvalue weighted by Crippen LogP contribution is -2.36. The summed E-state index contributed by atoms with van der Waals surface area (Å²) in [7, 11) is 0. The smallest absolute Gasteiger partial charge is 0.0619 e. The first-order valence-corrected chi connectivity index (χ1v) is 6.68. The van der Waals surface area contributed by atoms with Crippen LogP contribution in [0.15, 0.2) is 22.7 Å². The second-order valence-corrected chi connectivity index (χ2v) is 5.30. The highest BCUT2D eigenvalue weighted by molar-refractivity contribution is 9.10. The van der Waals surface area contributed by atoms with Crippen molar-refractivity contribution < 1.29 is 4.74 Å². The summed E-state index contributed by atoms with van der Waals surface area (Å²) in [4.78, 5) is 0. The van der Waals surface area contributed by atoms with Gasteiger partial charge in [-0.2, -0.15) is 0 Å². The molecular weight excluding hydrogens is 289 g/mol. The van der Waals surface area contributed by atoms with Crippen LogP contribution in [0.2, 0.25) is 5.02 Å². The Morgan fingerprint density at radius 3 is 3.06 bits per heavy atom. The second kappa shape index (κ2) is 6.01. The van der Waals surface area contributed by atoms with E-state index in [4.69, 9.17) is 16.3 Å². The topological polar surface area (TPSA) is 21.3 Å². The van der Waals surface area contributed by atoms with Crippen LogP contribution in [0.25, 0.3) is 0 Å². The molecular formula is C12H15BrClNO. The Bertz CT molecular complexity index is 353. The van der Waals surface area contributed by atoms with Crippen molar-refractivity contribution in [3.63, 3.8) is 0 Å². The number of rotatable bonds is 3. The van der Waals surface area contributed by atoms with E-state index in [9.17, 15) is 0 Å². The molecule has 0 aliphatic carbocycles. The van der Waals surface area contributed by atoms with Crippen molar-refractivity contribution in [1.82, 2.24) is 5.32 Å². The number of hydrogen-bond donors (Lipinski definition) is 1. The van der Waals surface area contributed by atoms with E-state index in [1.165, 1.54) is 12.0 Å². The highest BCUT2D eigenvalue weighted by Gasteiger charge is 2.12. The molecule has 1 aliphatic heterocycles. The van der Waals surface area contributed by atoms with Crippen LogP contribution < -0.4 is 5.32 Å². The number of halogens is 2. The molecule has 0 saturated carbocycles. The van der Waals surface area contributed by atoms with Crippen LogP contribution in [-0.2, 0) is 11.3 Å². The minimum absolute atomic E-state index is 0.489. The summed E-state index contributed by atoms with van der Waals surface area (Å²) in [5.74, 6) is 0. The van der Waals surface area contributed by atoms with Gasteiger partial charge < -0.3 is 10.1 Å². The van der Waals surface area contributed by atoms with Gasteiger partial charge in [0.1, 0.15) is 0 Å². The molecule has 0 aromatic heterocycles. The van der Waals surface area contributed by atoms with Gasteiger partial charge in [0.2, 0.25) is 0 Å². The molecule has 2 rings (SSSR count). The van der Waals surface area contributed by atoms with Gasteiger partial charge in [0, 0.05) is 23.7 Å². The van der Waals surface area contributed by atoms with E-state index in [0.717, 1.165) is 35.7 Å². The number of nitrogens with one attached hydrogen (secondary N) is 1. The SMILES string of the molecule is Clc1ccc(CNC2CCCOC2)cc1Br. The standard InChI is InChI=1S/C12H15BrClNO/c13-11-6-9(3-4-12(11)14)7-15-10-2-1-5-16-8-10/h3-4,6,10,15H,1-2,5,7-8H2. The molecule has 88 valence electrons. The molecule has 1 heterocycles. The fraction of sp³-hybridized carbons (Fsp3) is 0.500. The average molecular weight is 305 g/mol. The fourth-order valence-corrected chi connectivity index (χ4v) is 2.36. The van der Waals surface area contributed by atoms with Gasteiger partial charge in [0.05, 0.1) is 11.6 Å². The Labute approximate surface area is 109 Å². The Balaban J connectivity index is 1.86. The molecule has 1 atom stereocenters. The molecule has 2 nitrogen and oxygen atoms in total. The molecule has 0 radical (unpaired) electrons. The van der Waals surface area contributed by atoms with Crippen molar-refractivity contribution in [2.24, 2.45) is 0 Å². The molecule has 1 saturated heterocycles. The molecule has 1 unspecified atom stereocenters. The van der Waals surface area contributed by atoms with E-state index in [0.29, 0.717) is 6.04 Å². The molecule has 1 aromatic rings. The maximum Gasteiger partial charge on any atom is 0.0619 e. The van der Waals surface area contributed by atoms with Crippen molar-refractivity contribution in [1.29, 1.82) is 0 Å². The summed E-state index contributed by atoms with van der Waals surface area (Å²) < 4.78 is 6.37. The first-order chi connectivity index (χ1) is 7.75. The van der Waals surface area contributed by atoms with Crippen LogP contribution in [0.4, 0.5) is 0 Å². The average Bonchev–Trinajstić information content (AvgIpc) is 2.32. The van der Waals surface area contributed by atoms with E-state index in [-0.39, 0.29) is 0 Å². The van der Waals surface area contributed by atoms with E-state index in [1.807, 2.05) is 12.1 Å². The third-order valence-electron chi connectivity index (χ3n) is 2.74. The van der Waals surface area contributed by atoms with Crippen molar-refractivity contribution in [2.75, 3.05) is 13.2 Å². The third kappa shape index (κ3) is 3.45. The highest BCUT2D eigenvalue weighted by atomic mass is 79.9. The second-order valence-electron chi connectivity index (χ2n) is 4.04. The van der Waals surface area contributed by atoms with Crippen molar-refractivity contribution in [3.8, 4) is 0 Å². The zero-order valence-electron chi connectivity index (χ0n) is 9.01. The molecule has 0 spiro atoms. The van der Waals surface area contributed by atoms with E-state index >= 15 is 0 Å². The molecule has 1 aromatic carbocycles. The fourth-order valence-electron chi connectivity index (χ4n) is 1.81. The zero-order valence-corrected chi connectivity index (χ0v) is 11.4. The Hall–Kier alpha value is -0.0900. The van der Waals surface area contributed by atoms with Gasteiger partial charge in [0.15, 0.2) is 0 Å². The minimum atomic E-state index is 0.489. The number of benzene rings is 1. The molecule has 1 aliphatic rings. The minimum Gasteiger partial charge on any atom is -0.380 e. The Kier molecular flexibility index (Phi) is 4.65. The molecule has 0 amide bonds. The van der Waals surface area contributed by atoms with Gasteiger partial charge >= 0.3 is 0 Å². The lowest BCUT2D eigenvalue weighted by Gasteiger charge is -2.23. The number of hydrogen-bond acceptors (Lipinski definition) is 2. The van der Waals surface area contributed by atoms with Gasteiger partial charge in [-0.05, 0) is 46.5 Å². The quantitative estimate of drug-likeness (QED) is 0.924. The van der Waals surface area contributed by atoms with Crippen molar-refractivity contribution >= 4 is 27.5 Å². The monoisotopic (exact) mass is 303 g/mol. The van der Waals surface area contributed by atoms with E-state index < -0.39 is 0 Å². The van der Waals surface area contributed by atoms with Gasteiger partial charge in [-0.1, -0.05) is 17.7 Å². The summed E-state index contributed by atoms with van der Waals surface area (Å²) in [6.07, 6.45) is 2.36. The highest BCUT2D eigenvalue weighted by Crippen LogP contribution is 2.23. The first-order valence-electron chi connectivity index (χ1n) is 5.51.